The highest BCUT2D eigenvalue weighted by molar-refractivity contribution is 6.67. The number of fused-ring (bicyclic) bond motifs is 1. The van der Waals surface area contributed by atoms with Gasteiger partial charge in [-0.15, -0.1) is 0 Å². The molecule has 3 heterocycles. The van der Waals surface area contributed by atoms with Gasteiger partial charge in [0.25, 0.3) is 0 Å². The number of rotatable bonds is 6. The summed E-state index contributed by atoms with van der Waals surface area (Å²) in [6.07, 6.45) is 2.43. The molecule has 4 rings (SSSR count). The van der Waals surface area contributed by atoms with Gasteiger partial charge in [0, 0.05) is 31.1 Å². The van der Waals surface area contributed by atoms with E-state index in [4.69, 9.17) is 54.4 Å². The molecule has 1 fully saturated rings. The van der Waals surface area contributed by atoms with E-state index in [1.54, 1.807) is 4.68 Å². The fraction of sp³-hybridized carbons (Fsp3) is 0.542. The molecule has 8 nitrogen and oxygen atoms in total. The first-order valence-electron chi connectivity index (χ1n) is 11.6. The van der Waals surface area contributed by atoms with Crippen LogP contribution in [0.1, 0.15) is 32.9 Å². The van der Waals surface area contributed by atoms with Gasteiger partial charge in [-0.1, -0.05) is 67.7 Å². The number of nitrogens with zero attached hydrogens (tertiary/aromatic N) is 4. The van der Waals surface area contributed by atoms with E-state index in [-0.39, 0.29) is 18.1 Å². The van der Waals surface area contributed by atoms with Crippen LogP contribution in [0.25, 0.3) is 11.8 Å². The van der Waals surface area contributed by atoms with Gasteiger partial charge < -0.3 is 9.47 Å². The van der Waals surface area contributed by atoms with Crippen molar-refractivity contribution < 1.29 is 14.3 Å². The number of aromatic nitrogens is 2. The minimum absolute atomic E-state index is 0.139. The van der Waals surface area contributed by atoms with E-state index in [1.807, 2.05) is 24.3 Å². The van der Waals surface area contributed by atoms with E-state index in [2.05, 4.69) is 37.1 Å². The average Bonchev–Trinajstić information content (AvgIpc) is 3.40. The predicted octanol–water partition coefficient (Wildman–Crippen LogP) is 3.59. The monoisotopic (exact) mass is 541 g/mol. The van der Waals surface area contributed by atoms with Crippen LogP contribution in [-0.4, -0.2) is 70.1 Å². The summed E-state index contributed by atoms with van der Waals surface area (Å²) in [5, 5.41) is 9.48. The van der Waals surface area contributed by atoms with Gasteiger partial charge in [-0.3, -0.25) is 15.2 Å². The van der Waals surface area contributed by atoms with E-state index < -0.39 is 9.89 Å². The summed E-state index contributed by atoms with van der Waals surface area (Å²) in [6, 6.07) is 7.94. The molecule has 2 aliphatic heterocycles. The van der Waals surface area contributed by atoms with Gasteiger partial charge in [-0.05, 0) is 23.8 Å². The third kappa shape index (κ3) is 7.11. The first kappa shape index (κ1) is 26.2. The zero-order valence-electron chi connectivity index (χ0n) is 20.1. The number of alkyl halides is 3. The first-order chi connectivity index (χ1) is 16.5. The van der Waals surface area contributed by atoms with Crippen molar-refractivity contribution in [3.8, 4) is 5.69 Å². The molecule has 1 aromatic heterocycles. The Kier molecular flexibility index (Phi) is 7.98. The molecule has 1 aromatic carbocycles. The summed E-state index contributed by atoms with van der Waals surface area (Å²) < 4.78 is 10.5. The largest absolute Gasteiger partial charge is 0.445 e. The van der Waals surface area contributed by atoms with E-state index in [0.717, 1.165) is 61.2 Å². The number of hydrogen-bond donors (Lipinski definition) is 1. The van der Waals surface area contributed by atoms with Crippen molar-refractivity contribution >= 4 is 52.8 Å². The van der Waals surface area contributed by atoms with Crippen LogP contribution >= 0.6 is 34.8 Å². The number of ether oxygens (including phenoxy) is 2. The summed E-state index contributed by atoms with van der Waals surface area (Å²) >= 11 is 17.1. The number of halogens is 3. The Balaban J connectivity index is 1.54. The summed E-state index contributed by atoms with van der Waals surface area (Å²) in [6.45, 7) is 10.3. The highest BCUT2D eigenvalue weighted by Gasteiger charge is 2.25. The molecule has 2 aromatic rings. The molecule has 1 atom stereocenters. The maximum Gasteiger partial charge on any atom is 0.412 e. The van der Waals surface area contributed by atoms with Crippen LogP contribution in [-0.2, 0) is 14.9 Å². The summed E-state index contributed by atoms with van der Waals surface area (Å²) in [4.78, 5) is 19.7. The lowest BCUT2D eigenvalue weighted by atomic mass is 9.92. The van der Waals surface area contributed by atoms with Crippen molar-refractivity contribution in [3.63, 3.8) is 0 Å². The van der Waals surface area contributed by atoms with Crippen LogP contribution in [0.4, 0.5) is 10.6 Å². The Labute approximate surface area is 219 Å². The first-order valence-corrected chi connectivity index (χ1v) is 12.7. The molecule has 1 amide bonds. The molecule has 0 spiro atoms. The van der Waals surface area contributed by atoms with Crippen LogP contribution in [0.5, 0.6) is 0 Å². The van der Waals surface area contributed by atoms with E-state index in [9.17, 15) is 4.79 Å². The number of anilines is 1. The zero-order chi connectivity index (χ0) is 25.2. The lowest BCUT2D eigenvalue weighted by Gasteiger charge is -2.26. The van der Waals surface area contributed by atoms with Crippen LogP contribution in [0, 0.1) is 0 Å². The lowest BCUT2D eigenvalue weighted by molar-refractivity contribution is 0.0372. The number of amides is 1. The third-order valence-corrected chi connectivity index (χ3v) is 6.18. The van der Waals surface area contributed by atoms with Crippen molar-refractivity contribution in [2.75, 3.05) is 44.8 Å². The van der Waals surface area contributed by atoms with Crippen LogP contribution in [0.3, 0.4) is 0 Å². The second-order valence-corrected chi connectivity index (χ2v) is 12.3. The second kappa shape index (κ2) is 10.6. The lowest BCUT2D eigenvalue weighted by Crippen LogP contribution is -2.37. The Morgan fingerprint density at radius 3 is 2.63 bits per heavy atom. The van der Waals surface area contributed by atoms with Gasteiger partial charge in [-0.25, -0.2) is 9.48 Å². The minimum atomic E-state index is -1.69. The molecule has 0 bridgehead atoms. The molecule has 2 aliphatic rings. The normalized spacial score (nSPS) is 18.5. The molecule has 1 unspecified atom stereocenters. The molecule has 0 radical (unpaired) electrons. The third-order valence-electron chi connectivity index (χ3n) is 5.86. The van der Waals surface area contributed by atoms with Gasteiger partial charge in [0.05, 0.1) is 36.0 Å². The van der Waals surface area contributed by atoms with Crippen LogP contribution < -0.4 is 15.9 Å². The molecule has 11 heteroatoms. The Morgan fingerprint density at radius 2 is 1.94 bits per heavy atom. The molecule has 0 aliphatic carbocycles. The van der Waals surface area contributed by atoms with Crippen molar-refractivity contribution in [2.24, 2.45) is 4.99 Å². The summed E-state index contributed by atoms with van der Waals surface area (Å²) in [5.74, 6) is 0.454. The highest BCUT2D eigenvalue weighted by atomic mass is 35.6. The molecule has 190 valence electrons. The molecular weight excluding hydrogens is 513 g/mol. The SMILES string of the molecule is CC(C)(C)c1cc(NC(=O)OCC(Cl)(Cl)Cl)n(-c2ccc3c(c2)=NC(CCN2CCOCC2)C=3)n1. The maximum absolute atomic E-state index is 12.3. The Bertz CT molecular complexity index is 1180. The molecule has 1 N–H and O–H groups in total. The van der Waals surface area contributed by atoms with Gasteiger partial charge in [0.2, 0.25) is 3.79 Å². The fourth-order valence-electron chi connectivity index (χ4n) is 3.95. The fourth-order valence-corrected chi connectivity index (χ4v) is 4.11. The Hall–Kier alpha value is -1.84. The topological polar surface area (TPSA) is 81.0 Å². The van der Waals surface area contributed by atoms with Crippen LogP contribution in [0.2, 0.25) is 0 Å². The summed E-state index contributed by atoms with van der Waals surface area (Å²) in [5.41, 5.74) is 1.35. The molecule has 0 saturated carbocycles. The van der Waals surface area contributed by atoms with Crippen molar-refractivity contribution in [3.05, 3.63) is 40.5 Å². The number of carbonyl (C=O) groups is 1. The number of hydrogen-bond acceptors (Lipinski definition) is 6. The highest BCUT2D eigenvalue weighted by Crippen LogP contribution is 2.28. The quantitative estimate of drug-likeness (QED) is 0.564. The number of nitrogens with one attached hydrogen (secondary N) is 1. The van der Waals surface area contributed by atoms with Crippen molar-refractivity contribution in [1.29, 1.82) is 0 Å². The number of benzene rings is 1. The van der Waals surface area contributed by atoms with Crippen LogP contribution in [0.15, 0.2) is 29.3 Å². The van der Waals surface area contributed by atoms with E-state index in [1.165, 1.54) is 0 Å². The summed E-state index contributed by atoms with van der Waals surface area (Å²) in [7, 11) is 0. The number of carbonyl (C=O) groups excluding carboxylic acids is 1. The Morgan fingerprint density at radius 1 is 1.20 bits per heavy atom. The van der Waals surface area contributed by atoms with Crippen molar-refractivity contribution in [2.45, 2.75) is 42.4 Å². The van der Waals surface area contributed by atoms with Gasteiger partial charge in [-0.2, -0.15) is 5.10 Å². The molecule has 35 heavy (non-hydrogen) atoms. The molecule has 1 saturated heterocycles. The van der Waals surface area contributed by atoms with Crippen molar-refractivity contribution in [1.82, 2.24) is 14.7 Å². The minimum Gasteiger partial charge on any atom is -0.445 e. The molecular formula is C24H30Cl3N5O3. The standard InChI is InChI=1S/C24H30Cl3N5O3/c1-23(2,3)20-14-21(29-22(33)35-15-24(25,26)27)32(30-20)18-5-4-16-12-17(28-19(16)13-18)6-7-31-8-10-34-11-9-31/h4-5,12-14,17H,6-11,15H2,1-3H3,(H,29,33). The smallest absolute Gasteiger partial charge is 0.412 e. The van der Waals surface area contributed by atoms with Gasteiger partial charge in [0.15, 0.2) is 0 Å². The van der Waals surface area contributed by atoms with E-state index >= 15 is 0 Å². The average molecular weight is 543 g/mol. The predicted molar refractivity (Wildman–Crippen MR) is 138 cm³/mol. The maximum atomic E-state index is 12.3. The second-order valence-electron chi connectivity index (χ2n) is 9.74. The zero-order valence-corrected chi connectivity index (χ0v) is 22.3. The number of morpholine rings is 1. The van der Waals surface area contributed by atoms with Gasteiger partial charge >= 0.3 is 6.09 Å². The van der Waals surface area contributed by atoms with E-state index in [0.29, 0.717) is 5.82 Å². The van der Waals surface area contributed by atoms with Gasteiger partial charge in [0.1, 0.15) is 12.4 Å².